The van der Waals surface area contributed by atoms with Crippen LogP contribution in [0.1, 0.15) is 42.8 Å². The highest BCUT2D eigenvalue weighted by molar-refractivity contribution is 9.10. The molecule has 1 aliphatic rings. The van der Waals surface area contributed by atoms with Crippen molar-refractivity contribution in [2.24, 2.45) is 0 Å². The van der Waals surface area contributed by atoms with E-state index in [9.17, 15) is 4.79 Å². The second-order valence-corrected chi connectivity index (χ2v) is 6.67. The van der Waals surface area contributed by atoms with E-state index in [2.05, 4.69) is 26.4 Å². The van der Waals surface area contributed by atoms with Gasteiger partial charge in [-0.05, 0) is 49.9 Å². The number of aryl methyl sites for hydroxylation is 2. The number of benzene rings is 1. The predicted octanol–water partition coefficient (Wildman–Crippen LogP) is 4.68. The fourth-order valence-corrected chi connectivity index (χ4v) is 3.12. The average Bonchev–Trinajstić information content (AvgIpc) is 3.18. The Morgan fingerprint density at radius 2 is 2.30 bits per heavy atom. The lowest BCUT2D eigenvalue weighted by Gasteiger charge is -2.23. The summed E-state index contributed by atoms with van der Waals surface area (Å²) in [5.41, 5.74) is 2.81. The molecule has 0 saturated carbocycles. The molecule has 0 bridgehead atoms. The standard InChI is InChI=1S/C17H20BrN3O2/c1-3-12-10-16(23-20-12)15-5-4-8-21(15)17(22)19-13-6-7-14(18)11(2)9-13/h6-7,9-10,15H,3-5,8H2,1-2H3,(H,19,22)/t15-/m1/s1. The van der Waals surface area contributed by atoms with Crippen LogP contribution >= 0.6 is 15.9 Å². The lowest BCUT2D eigenvalue weighted by Crippen LogP contribution is -2.34. The van der Waals surface area contributed by atoms with Crippen molar-refractivity contribution in [3.05, 3.63) is 45.8 Å². The van der Waals surface area contributed by atoms with Gasteiger partial charge in [0.1, 0.15) is 0 Å². The molecule has 122 valence electrons. The largest absolute Gasteiger partial charge is 0.359 e. The van der Waals surface area contributed by atoms with Crippen LogP contribution in [0.25, 0.3) is 0 Å². The van der Waals surface area contributed by atoms with Crippen LogP contribution in [0.4, 0.5) is 10.5 Å². The van der Waals surface area contributed by atoms with E-state index < -0.39 is 0 Å². The van der Waals surface area contributed by atoms with E-state index in [1.807, 2.05) is 43.0 Å². The smallest absolute Gasteiger partial charge is 0.322 e. The first-order valence-electron chi connectivity index (χ1n) is 7.87. The Kier molecular flexibility index (Phi) is 4.71. The van der Waals surface area contributed by atoms with Crippen LogP contribution in [0, 0.1) is 6.92 Å². The predicted molar refractivity (Wildman–Crippen MR) is 92.5 cm³/mol. The first kappa shape index (κ1) is 16.1. The SMILES string of the molecule is CCc1cc([C@H]2CCCN2C(=O)Nc2ccc(Br)c(C)c2)on1. The molecule has 1 fully saturated rings. The van der Waals surface area contributed by atoms with Gasteiger partial charge in [0.15, 0.2) is 5.76 Å². The van der Waals surface area contributed by atoms with Crippen molar-refractivity contribution in [2.75, 3.05) is 11.9 Å². The van der Waals surface area contributed by atoms with Crippen molar-refractivity contribution in [1.29, 1.82) is 0 Å². The van der Waals surface area contributed by atoms with Crippen molar-refractivity contribution < 1.29 is 9.32 Å². The number of amides is 2. The molecule has 0 radical (unpaired) electrons. The number of urea groups is 1. The number of anilines is 1. The number of rotatable bonds is 3. The number of nitrogens with one attached hydrogen (secondary N) is 1. The molecule has 1 atom stereocenters. The first-order valence-corrected chi connectivity index (χ1v) is 8.67. The monoisotopic (exact) mass is 377 g/mol. The maximum Gasteiger partial charge on any atom is 0.322 e. The maximum absolute atomic E-state index is 12.6. The van der Waals surface area contributed by atoms with Gasteiger partial charge in [-0.3, -0.25) is 0 Å². The number of hydrogen-bond acceptors (Lipinski definition) is 3. The van der Waals surface area contributed by atoms with Gasteiger partial charge in [-0.25, -0.2) is 4.79 Å². The minimum absolute atomic E-state index is 0.0284. The highest BCUT2D eigenvalue weighted by Crippen LogP contribution is 2.33. The molecule has 5 nitrogen and oxygen atoms in total. The zero-order chi connectivity index (χ0) is 16.4. The molecule has 0 spiro atoms. The summed E-state index contributed by atoms with van der Waals surface area (Å²) in [6.45, 7) is 4.77. The minimum atomic E-state index is -0.0938. The average molecular weight is 378 g/mol. The summed E-state index contributed by atoms with van der Waals surface area (Å²) in [6, 6.07) is 7.62. The number of nitrogens with zero attached hydrogens (tertiary/aromatic N) is 2. The summed E-state index contributed by atoms with van der Waals surface area (Å²) in [5.74, 6) is 0.779. The molecule has 2 amide bonds. The summed E-state index contributed by atoms with van der Waals surface area (Å²) >= 11 is 3.47. The van der Waals surface area contributed by atoms with E-state index in [4.69, 9.17) is 4.52 Å². The van der Waals surface area contributed by atoms with Crippen molar-refractivity contribution in [2.45, 2.75) is 39.2 Å². The van der Waals surface area contributed by atoms with Crippen LogP contribution in [-0.4, -0.2) is 22.6 Å². The third-order valence-corrected chi connectivity index (χ3v) is 5.08. The van der Waals surface area contributed by atoms with Crippen LogP contribution < -0.4 is 5.32 Å². The molecule has 1 aromatic heterocycles. The quantitative estimate of drug-likeness (QED) is 0.844. The molecule has 1 N–H and O–H groups in total. The van der Waals surface area contributed by atoms with E-state index in [0.29, 0.717) is 0 Å². The number of aromatic nitrogens is 1. The van der Waals surface area contributed by atoms with Gasteiger partial charge in [-0.15, -0.1) is 0 Å². The lowest BCUT2D eigenvalue weighted by molar-refractivity contribution is 0.195. The molecule has 6 heteroatoms. The molecule has 1 saturated heterocycles. The van der Waals surface area contributed by atoms with E-state index >= 15 is 0 Å². The van der Waals surface area contributed by atoms with Gasteiger partial charge >= 0.3 is 6.03 Å². The van der Waals surface area contributed by atoms with E-state index in [-0.39, 0.29) is 12.1 Å². The van der Waals surface area contributed by atoms with Crippen LogP contribution in [0.3, 0.4) is 0 Å². The number of likely N-dealkylation sites (tertiary alicyclic amines) is 1. The van der Waals surface area contributed by atoms with Gasteiger partial charge in [-0.2, -0.15) is 0 Å². The van der Waals surface area contributed by atoms with Crippen molar-refractivity contribution in [3.63, 3.8) is 0 Å². The second kappa shape index (κ2) is 6.74. The Morgan fingerprint density at radius 1 is 1.48 bits per heavy atom. The third kappa shape index (κ3) is 3.42. The van der Waals surface area contributed by atoms with E-state index in [1.165, 1.54) is 0 Å². The molecular weight excluding hydrogens is 358 g/mol. The fraction of sp³-hybridized carbons (Fsp3) is 0.412. The number of carbonyl (C=O) groups is 1. The highest BCUT2D eigenvalue weighted by Gasteiger charge is 2.32. The zero-order valence-electron chi connectivity index (χ0n) is 13.3. The molecule has 2 heterocycles. The van der Waals surface area contributed by atoms with Gasteiger partial charge in [0.25, 0.3) is 0 Å². The summed E-state index contributed by atoms with van der Waals surface area (Å²) in [5, 5.41) is 7.02. The summed E-state index contributed by atoms with van der Waals surface area (Å²) in [4.78, 5) is 14.4. The Hall–Kier alpha value is -1.82. The van der Waals surface area contributed by atoms with Crippen LogP contribution in [-0.2, 0) is 6.42 Å². The molecule has 3 rings (SSSR count). The zero-order valence-corrected chi connectivity index (χ0v) is 14.9. The molecule has 1 aromatic carbocycles. The van der Waals surface area contributed by atoms with Gasteiger partial charge in [0.2, 0.25) is 0 Å². The van der Waals surface area contributed by atoms with E-state index in [1.54, 1.807) is 0 Å². The summed E-state index contributed by atoms with van der Waals surface area (Å²) < 4.78 is 6.46. The molecular formula is C17H20BrN3O2. The van der Waals surface area contributed by atoms with Crippen molar-refractivity contribution in [3.8, 4) is 0 Å². The van der Waals surface area contributed by atoms with Gasteiger partial charge in [0.05, 0.1) is 11.7 Å². The topological polar surface area (TPSA) is 58.4 Å². The van der Waals surface area contributed by atoms with Gasteiger partial charge in [0, 0.05) is 22.8 Å². The molecule has 23 heavy (non-hydrogen) atoms. The Balaban J connectivity index is 1.73. The molecule has 0 aliphatic carbocycles. The van der Waals surface area contributed by atoms with Crippen LogP contribution in [0.2, 0.25) is 0 Å². The normalized spacial score (nSPS) is 17.5. The maximum atomic E-state index is 12.6. The Morgan fingerprint density at radius 3 is 3.00 bits per heavy atom. The molecule has 0 unspecified atom stereocenters. The fourth-order valence-electron chi connectivity index (χ4n) is 2.88. The Bertz CT molecular complexity index is 714. The first-order chi connectivity index (χ1) is 11.1. The second-order valence-electron chi connectivity index (χ2n) is 5.82. The van der Waals surface area contributed by atoms with Gasteiger partial charge in [-0.1, -0.05) is 28.0 Å². The lowest BCUT2D eigenvalue weighted by atomic mass is 10.1. The van der Waals surface area contributed by atoms with Crippen molar-refractivity contribution >= 4 is 27.6 Å². The summed E-state index contributed by atoms with van der Waals surface area (Å²) in [6.07, 6.45) is 2.71. The Labute approximate surface area is 144 Å². The summed E-state index contributed by atoms with van der Waals surface area (Å²) in [7, 11) is 0. The van der Waals surface area contributed by atoms with Crippen molar-refractivity contribution in [1.82, 2.24) is 10.1 Å². The van der Waals surface area contributed by atoms with E-state index in [0.717, 1.165) is 53.0 Å². The number of hydrogen-bond donors (Lipinski definition) is 1. The number of carbonyl (C=O) groups excluding carboxylic acids is 1. The number of halogens is 1. The minimum Gasteiger partial charge on any atom is -0.359 e. The van der Waals surface area contributed by atoms with Crippen LogP contribution in [0.5, 0.6) is 0 Å². The molecule has 1 aliphatic heterocycles. The van der Waals surface area contributed by atoms with Gasteiger partial charge < -0.3 is 14.7 Å². The van der Waals surface area contributed by atoms with Crippen LogP contribution in [0.15, 0.2) is 33.3 Å². The molecule has 2 aromatic rings. The highest BCUT2D eigenvalue weighted by atomic mass is 79.9. The third-order valence-electron chi connectivity index (χ3n) is 4.19.